The normalized spacial score (nSPS) is 12.1. The van der Waals surface area contributed by atoms with Gasteiger partial charge in [-0.3, -0.25) is 4.98 Å². The molecule has 1 aromatic carbocycles. The average molecular weight is 270 g/mol. The van der Waals surface area contributed by atoms with Gasteiger partial charge in [-0.1, -0.05) is 25.1 Å². The van der Waals surface area contributed by atoms with E-state index in [-0.39, 0.29) is 0 Å². The molecule has 0 amide bonds. The molecule has 0 aliphatic rings. The minimum Gasteiger partial charge on any atom is -0.497 e. The first-order chi connectivity index (χ1) is 9.83. The predicted molar refractivity (Wildman–Crippen MR) is 82.0 cm³/mol. The van der Waals surface area contributed by atoms with Gasteiger partial charge in [0.05, 0.1) is 7.11 Å². The Bertz CT molecular complexity index is 513. The third-order valence-electron chi connectivity index (χ3n) is 3.39. The van der Waals surface area contributed by atoms with Gasteiger partial charge in [-0.15, -0.1) is 0 Å². The van der Waals surface area contributed by atoms with Crippen molar-refractivity contribution in [2.24, 2.45) is 0 Å². The molecule has 2 rings (SSSR count). The second-order valence-electron chi connectivity index (χ2n) is 4.79. The number of ether oxygens (including phenoxy) is 1. The summed E-state index contributed by atoms with van der Waals surface area (Å²) in [7, 11) is 1.71. The second-order valence-corrected chi connectivity index (χ2v) is 4.79. The van der Waals surface area contributed by atoms with Crippen LogP contribution in [0.5, 0.6) is 5.75 Å². The molecule has 0 aliphatic carbocycles. The van der Waals surface area contributed by atoms with E-state index in [2.05, 4.69) is 35.4 Å². The minimum absolute atomic E-state index is 0.343. The Hall–Kier alpha value is -1.87. The van der Waals surface area contributed by atoms with E-state index in [0.29, 0.717) is 6.04 Å². The Morgan fingerprint density at radius 3 is 2.85 bits per heavy atom. The van der Waals surface area contributed by atoms with E-state index in [1.54, 1.807) is 7.11 Å². The zero-order valence-corrected chi connectivity index (χ0v) is 12.2. The van der Waals surface area contributed by atoms with E-state index in [4.69, 9.17) is 4.74 Å². The largest absolute Gasteiger partial charge is 0.497 e. The summed E-state index contributed by atoms with van der Waals surface area (Å²) in [5.41, 5.74) is 2.55. The lowest BCUT2D eigenvalue weighted by atomic mass is 9.99. The number of aryl methyl sites for hydroxylation is 1. The maximum Gasteiger partial charge on any atom is 0.119 e. The Labute approximate surface area is 121 Å². The molecular weight excluding hydrogens is 248 g/mol. The van der Waals surface area contributed by atoms with Crippen LogP contribution in [0.25, 0.3) is 0 Å². The number of rotatable bonds is 7. The van der Waals surface area contributed by atoms with Crippen molar-refractivity contribution in [3.05, 3.63) is 59.9 Å². The van der Waals surface area contributed by atoms with E-state index < -0.39 is 0 Å². The molecule has 20 heavy (non-hydrogen) atoms. The number of benzene rings is 1. The lowest BCUT2D eigenvalue weighted by molar-refractivity contribution is 0.412. The van der Waals surface area contributed by atoms with Crippen molar-refractivity contribution < 1.29 is 4.74 Å². The molecule has 0 spiro atoms. The van der Waals surface area contributed by atoms with Crippen LogP contribution in [0.15, 0.2) is 48.8 Å². The van der Waals surface area contributed by atoms with Gasteiger partial charge in [0.1, 0.15) is 5.75 Å². The van der Waals surface area contributed by atoms with Crippen LogP contribution in [0, 0.1) is 0 Å². The monoisotopic (exact) mass is 270 g/mol. The van der Waals surface area contributed by atoms with Crippen LogP contribution in [0.3, 0.4) is 0 Å². The van der Waals surface area contributed by atoms with E-state index >= 15 is 0 Å². The highest BCUT2D eigenvalue weighted by Gasteiger charge is 2.11. The molecule has 1 heterocycles. The number of nitrogens with one attached hydrogen (secondary N) is 1. The van der Waals surface area contributed by atoms with Crippen molar-refractivity contribution in [2.75, 3.05) is 13.7 Å². The number of methoxy groups -OCH3 is 1. The van der Waals surface area contributed by atoms with Crippen LogP contribution in [0.1, 0.15) is 30.5 Å². The van der Waals surface area contributed by atoms with Crippen LogP contribution < -0.4 is 10.1 Å². The summed E-state index contributed by atoms with van der Waals surface area (Å²) in [5.74, 6) is 0.909. The number of aromatic nitrogens is 1. The number of hydrogen-bond acceptors (Lipinski definition) is 3. The van der Waals surface area contributed by atoms with Crippen LogP contribution in [-0.2, 0) is 6.42 Å². The standard InChI is InChI=1S/C17H22N2O/c1-3-19-17(10-9-14-6-5-11-18-13-14)15-7-4-8-16(12-15)20-2/h4-8,11-13,17,19H,3,9-10H2,1-2H3. The Morgan fingerprint density at radius 2 is 2.15 bits per heavy atom. The van der Waals surface area contributed by atoms with Gasteiger partial charge < -0.3 is 10.1 Å². The fraction of sp³-hybridized carbons (Fsp3) is 0.353. The number of nitrogens with zero attached hydrogens (tertiary/aromatic N) is 1. The summed E-state index contributed by atoms with van der Waals surface area (Å²) in [6, 6.07) is 12.7. The van der Waals surface area contributed by atoms with Crippen LogP contribution >= 0.6 is 0 Å². The van der Waals surface area contributed by atoms with Crippen molar-refractivity contribution in [1.82, 2.24) is 10.3 Å². The molecule has 3 heteroatoms. The minimum atomic E-state index is 0.343. The maximum atomic E-state index is 5.31. The first-order valence-corrected chi connectivity index (χ1v) is 7.09. The summed E-state index contributed by atoms with van der Waals surface area (Å²) in [4.78, 5) is 4.17. The lowest BCUT2D eigenvalue weighted by Gasteiger charge is -2.19. The fourth-order valence-electron chi connectivity index (χ4n) is 2.35. The molecule has 3 nitrogen and oxygen atoms in total. The highest BCUT2D eigenvalue weighted by Crippen LogP contribution is 2.23. The van der Waals surface area contributed by atoms with E-state index in [0.717, 1.165) is 25.1 Å². The van der Waals surface area contributed by atoms with Gasteiger partial charge >= 0.3 is 0 Å². The second kappa shape index (κ2) is 7.65. The third kappa shape index (κ3) is 4.07. The number of hydrogen-bond donors (Lipinski definition) is 1. The molecule has 0 fully saturated rings. The topological polar surface area (TPSA) is 34.2 Å². The van der Waals surface area contributed by atoms with E-state index in [9.17, 15) is 0 Å². The van der Waals surface area contributed by atoms with Gasteiger partial charge in [0, 0.05) is 18.4 Å². The Kier molecular flexibility index (Phi) is 5.56. The SMILES string of the molecule is CCNC(CCc1cccnc1)c1cccc(OC)c1. The average Bonchev–Trinajstić information content (AvgIpc) is 2.52. The molecule has 1 aromatic heterocycles. The summed E-state index contributed by atoms with van der Waals surface area (Å²) in [6.45, 7) is 3.09. The molecule has 1 N–H and O–H groups in total. The smallest absolute Gasteiger partial charge is 0.119 e. The van der Waals surface area contributed by atoms with Gasteiger partial charge in [-0.25, -0.2) is 0 Å². The van der Waals surface area contributed by atoms with Crippen LogP contribution in [0.4, 0.5) is 0 Å². The molecular formula is C17H22N2O. The van der Waals surface area contributed by atoms with Gasteiger partial charge in [0.15, 0.2) is 0 Å². The number of pyridine rings is 1. The Morgan fingerprint density at radius 1 is 1.25 bits per heavy atom. The van der Waals surface area contributed by atoms with Gasteiger partial charge in [-0.05, 0) is 48.7 Å². The van der Waals surface area contributed by atoms with Crippen molar-refractivity contribution in [3.63, 3.8) is 0 Å². The summed E-state index contributed by atoms with van der Waals surface area (Å²) < 4.78 is 5.31. The molecule has 0 saturated heterocycles. The predicted octanol–water partition coefficient (Wildman–Crippen LogP) is 3.37. The summed E-state index contributed by atoms with van der Waals surface area (Å²) in [5, 5.41) is 3.54. The van der Waals surface area contributed by atoms with Crippen molar-refractivity contribution in [2.45, 2.75) is 25.8 Å². The molecule has 106 valence electrons. The highest BCUT2D eigenvalue weighted by atomic mass is 16.5. The van der Waals surface area contributed by atoms with E-state index in [1.165, 1.54) is 11.1 Å². The molecule has 0 aliphatic heterocycles. The molecule has 1 atom stereocenters. The van der Waals surface area contributed by atoms with E-state index in [1.807, 2.05) is 30.6 Å². The zero-order chi connectivity index (χ0) is 14.2. The molecule has 1 unspecified atom stereocenters. The van der Waals surface area contributed by atoms with Crippen molar-refractivity contribution in [1.29, 1.82) is 0 Å². The maximum absolute atomic E-state index is 5.31. The van der Waals surface area contributed by atoms with Crippen LogP contribution in [0.2, 0.25) is 0 Å². The molecule has 0 saturated carbocycles. The summed E-state index contributed by atoms with van der Waals surface area (Å²) in [6.07, 6.45) is 5.82. The summed E-state index contributed by atoms with van der Waals surface area (Å²) >= 11 is 0. The highest BCUT2D eigenvalue weighted by molar-refractivity contribution is 5.30. The van der Waals surface area contributed by atoms with Gasteiger partial charge in [0.25, 0.3) is 0 Å². The molecule has 2 aromatic rings. The van der Waals surface area contributed by atoms with Crippen LogP contribution in [-0.4, -0.2) is 18.6 Å². The van der Waals surface area contributed by atoms with Gasteiger partial charge in [0.2, 0.25) is 0 Å². The third-order valence-corrected chi connectivity index (χ3v) is 3.39. The van der Waals surface area contributed by atoms with Crippen molar-refractivity contribution >= 4 is 0 Å². The first-order valence-electron chi connectivity index (χ1n) is 7.09. The molecule has 0 radical (unpaired) electrons. The molecule has 0 bridgehead atoms. The Balaban J connectivity index is 2.06. The van der Waals surface area contributed by atoms with Crippen molar-refractivity contribution in [3.8, 4) is 5.75 Å². The van der Waals surface area contributed by atoms with Gasteiger partial charge in [-0.2, -0.15) is 0 Å². The zero-order valence-electron chi connectivity index (χ0n) is 12.2. The first kappa shape index (κ1) is 14.5. The fourth-order valence-corrected chi connectivity index (χ4v) is 2.35. The quantitative estimate of drug-likeness (QED) is 0.837. The lowest BCUT2D eigenvalue weighted by Crippen LogP contribution is -2.21.